The van der Waals surface area contributed by atoms with Gasteiger partial charge in [0.15, 0.2) is 0 Å². The van der Waals surface area contributed by atoms with Gasteiger partial charge < -0.3 is 25.0 Å². The van der Waals surface area contributed by atoms with Crippen molar-refractivity contribution in [1.29, 1.82) is 0 Å². The summed E-state index contributed by atoms with van der Waals surface area (Å²) < 4.78 is 13.5. The third kappa shape index (κ3) is 9.19. The number of nitrogens with one attached hydrogen (secondary N) is 2. The summed E-state index contributed by atoms with van der Waals surface area (Å²) in [4.78, 5) is 57.4. The molecule has 270 valence electrons. The molecule has 0 aromatic carbocycles. The summed E-state index contributed by atoms with van der Waals surface area (Å²) in [5.74, 6) is -1.27. The van der Waals surface area contributed by atoms with E-state index in [4.69, 9.17) is 9.47 Å². The van der Waals surface area contributed by atoms with Gasteiger partial charge >= 0.3 is 5.97 Å². The van der Waals surface area contributed by atoms with Crippen molar-refractivity contribution in [2.45, 2.75) is 97.4 Å². The Hall–Kier alpha value is -3.51. The van der Waals surface area contributed by atoms with Crippen LogP contribution in [0.5, 0.6) is 0 Å². The van der Waals surface area contributed by atoms with Crippen LogP contribution in [-0.2, 0) is 30.4 Å². The minimum absolute atomic E-state index is 0.0932. The van der Waals surface area contributed by atoms with Gasteiger partial charge in [-0.3, -0.25) is 28.8 Å². The average molecular weight is 681 g/mol. The van der Waals surface area contributed by atoms with Crippen molar-refractivity contribution < 1.29 is 28.7 Å². The molecule has 2 N–H and O–H groups in total. The molecule has 3 amide bonds. The maximum atomic E-state index is 14.2. The molecule has 4 aliphatic rings. The molecule has 1 unspecified atom stereocenters. The molecule has 1 aromatic heterocycles. The summed E-state index contributed by atoms with van der Waals surface area (Å²) >= 11 is 0. The van der Waals surface area contributed by atoms with Crippen LogP contribution < -0.4 is 10.6 Å². The Morgan fingerprint density at radius 1 is 1.08 bits per heavy atom. The van der Waals surface area contributed by atoms with Gasteiger partial charge in [-0.2, -0.15) is 5.10 Å². The fourth-order valence-electron chi connectivity index (χ4n) is 7.86. The molecule has 12 heteroatoms. The monoisotopic (exact) mass is 680 g/mol. The van der Waals surface area contributed by atoms with Crippen LogP contribution in [-0.4, -0.2) is 107 Å². The highest BCUT2D eigenvalue weighted by Crippen LogP contribution is 2.44. The quantitative estimate of drug-likeness (QED) is 0.321. The van der Waals surface area contributed by atoms with Gasteiger partial charge in [-0.05, 0) is 52.9 Å². The fourth-order valence-corrected chi connectivity index (χ4v) is 7.86. The number of likely N-dealkylation sites (N-methyl/N-ethyl adjacent to an activating group) is 1. The number of carbonyl (C=O) groups is 4. The molecule has 49 heavy (non-hydrogen) atoms. The smallest absolute Gasteiger partial charge is 0.320 e. The molecular formula is C37H56N6O6. The van der Waals surface area contributed by atoms with Crippen LogP contribution in [0.2, 0.25) is 0 Å². The highest BCUT2D eigenvalue weighted by atomic mass is 16.6. The second-order valence-corrected chi connectivity index (χ2v) is 16.0. The first-order valence-electron chi connectivity index (χ1n) is 17.9. The van der Waals surface area contributed by atoms with E-state index in [1.54, 1.807) is 29.0 Å². The zero-order chi connectivity index (χ0) is 35.4. The van der Waals surface area contributed by atoms with E-state index in [0.717, 1.165) is 19.3 Å². The van der Waals surface area contributed by atoms with Crippen molar-refractivity contribution in [2.24, 2.45) is 22.7 Å². The van der Waals surface area contributed by atoms with Crippen molar-refractivity contribution in [3.05, 3.63) is 42.3 Å². The number of carbonyl (C=O) groups excluding carboxylic acids is 4. The van der Waals surface area contributed by atoms with Crippen LogP contribution in [0.3, 0.4) is 0 Å². The molecule has 2 aliphatic carbocycles. The largest absolute Gasteiger partial charge is 0.459 e. The number of likely N-dealkylation sites (tertiary alicyclic amines) is 2. The standard InChI is InChI=1S/C37H56N6O6/c1-26(48-21-27-13-9-7-10-14-27)31(33(46)38-6)40-32(45)29-19-42(25-37(29)23-41(24-37)20-30(44)49-35(2,3)4)34(47)28-17-39-43(18-28)22-36(5)15-11-8-12-16-36/h8,11-12,15,17-18,26-27,29,31H,7,9-10,13-14,16,19-25H2,1-6H3,(H,38,46)(H,40,45)/t26-,29+,31+,36?/m1/s1. The second-order valence-electron chi connectivity index (χ2n) is 16.0. The first-order chi connectivity index (χ1) is 23.2. The molecule has 2 saturated heterocycles. The van der Waals surface area contributed by atoms with Crippen LogP contribution in [0.4, 0.5) is 0 Å². The predicted molar refractivity (Wildman–Crippen MR) is 185 cm³/mol. The second kappa shape index (κ2) is 15.2. The van der Waals surface area contributed by atoms with Gasteiger partial charge in [0.05, 0.1) is 36.9 Å². The lowest BCUT2D eigenvalue weighted by atomic mass is 9.71. The van der Waals surface area contributed by atoms with E-state index in [2.05, 4.69) is 34.8 Å². The van der Waals surface area contributed by atoms with E-state index in [1.807, 2.05) is 44.7 Å². The van der Waals surface area contributed by atoms with E-state index < -0.39 is 29.1 Å². The number of esters is 1. The van der Waals surface area contributed by atoms with Gasteiger partial charge in [0.1, 0.15) is 11.6 Å². The molecule has 5 rings (SSSR count). The van der Waals surface area contributed by atoms with Crippen molar-refractivity contribution in [3.8, 4) is 0 Å². The zero-order valence-electron chi connectivity index (χ0n) is 30.2. The minimum atomic E-state index is -0.885. The highest BCUT2D eigenvalue weighted by Gasteiger charge is 2.58. The Morgan fingerprint density at radius 3 is 2.47 bits per heavy atom. The molecule has 3 heterocycles. The van der Waals surface area contributed by atoms with Crippen molar-refractivity contribution >= 4 is 23.7 Å². The van der Waals surface area contributed by atoms with Gasteiger partial charge in [-0.15, -0.1) is 0 Å². The first-order valence-corrected chi connectivity index (χ1v) is 17.9. The molecule has 2 aliphatic heterocycles. The van der Waals surface area contributed by atoms with Crippen molar-refractivity contribution in [3.63, 3.8) is 0 Å². The van der Waals surface area contributed by atoms with E-state index in [1.165, 1.54) is 19.3 Å². The predicted octanol–water partition coefficient (Wildman–Crippen LogP) is 3.34. The SMILES string of the molecule is CNC(=O)[C@@H](NC(=O)[C@@H]1CN(C(=O)c2cnn(CC3(C)C=CC=CC3)c2)CC12CN(CC(=O)OC(C)(C)C)C2)[C@@H](C)OCC1CCCCC1. The van der Waals surface area contributed by atoms with E-state index in [9.17, 15) is 19.2 Å². The third-order valence-electron chi connectivity index (χ3n) is 10.5. The first kappa shape index (κ1) is 36.8. The summed E-state index contributed by atoms with van der Waals surface area (Å²) in [7, 11) is 1.55. The lowest BCUT2D eigenvalue weighted by molar-refractivity contribution is -0.160. The van der Waals surface area contributed by atoms with Crippen molar-refractivity contribution in [2.75, 3.05) is 46.4 Å². The number of allylic oxidation sites excluding steroid dienone is 4. The molecule has 4 atom stereocenters. The molecule has 3 fully saturated rings. The van der Waals surface area contributed by atoms with Gasteiger partial charge in [0, 0.05) is 56.9 Å². The molecular weight excluding hydrogens is 624 g/mol. The van der Waals surface area contributed by atoms with Crippen molar-refractivity contribution in [1.82, 2.24) is 30.2 Å². The molecule has 1 aromatic rings. The number of hydrogen-bond acceptors (Lipinski definition) is 8. The normalized spacial score (nSPS) is 25.1. The average Bonchev–Trinajstić information content (AvgIpc) is 3.67. The number of nitrogens with zero attached hydrogens (tertiary/aromatic N) is 4. The molecule has 1 spiro atoms. The Balaban J connectivity index is 1.29. The van der Waals surface area contributed by atoms with E-state index >= 15 is 0 Å². The van der Waals surface area contributed by atoms with Gasteiger partial charge in [-0.1, -0.05) is 50.5 Å². The summed E-state index contributed by atoms with van der Waals surface area (Å²) in [6.07, 6.45) is 18.0. The third-order valence-corrected chi connectivity index (χ3v) is 10.5. The number of ether oxygens (including phenoxy) is 2. The Bertz CT molecular complexity index is 1420. The van der Waals surface area contributed by atoms with E-state index in [0.29, 0.717) is 44.3 Å². The van der Waals surface area contributed by atoms with Gasteiger partial charge in [0.2, 0.25) is 11.8 Å². The van der Waals surface area contributed by atoms with Crippen LogP contribution in [0.15, 0.2) is 36.7 Å². The molecule has 1 saturated carbocycles. The Morgan fingerprint density at radius 2 is 1.82 bits per heavy atom. The fraction of sp³-hybridized carbons (Fsp3) is 0.703. The molecule has 12 nitrogen and oxygen atoms in total. The summed E-state index contributed by atoms with van der Waals surface area (Å²) in [6.45, 7) is 12.2. The minimum Gasteiger partial charge on any atom is -0.459 e. The molecule has 0 bridgehead atoms. The summed E-state index contributed by atoms with van der Waals surface area (Å²) in [5, 5.41) is 10.2. The number of hydrogen-bond donors (Lipinski definition) is 2. The number of aromatic nitrogens is 2. The van der Waals surface area contributed by atoms with Crippen LogP contribution >= 0.6 is 0 Å². The Labute approximate surface area is 291 Å². The van der Waals surface area contributed by atoms with Gasteiger partial charge in [0.25, 0.3) is 5.91 Å². The summed E-state index contributed by atoms with van der Waals surface area (Å²) in [6, 6.07) is -0.885. The lowest BCUT2D eigenvalue weighted by Crippen LogP contribution is -2.64. The number of amides is 3. The van der Waals surface area contributed by atoms with E-state index in [-0.39, 0.29) is 42.2 Å². The molecule has 0 radical (unpaired) electrons. The topological polar surface area (TPSA) is 135 Å². The maximum Gasteiger partial charge on any atom is 0.320 e. The Kier molecular flexibility index (Phi) is 11.4. The maximum absolute atomic E-state index is 14.2. The van der Waals surface area contributed by atoms with Crippen LogP contribution in [0, 0.1) is 22.7 Å². The van der Waals surface area contributed by atoms with Crippen LogP contribution in [0.25, 0.3) is 0 Å². The number of rotatable bonds is 12. The summed E-state index contributed by atoms with van der Waals surface area (Å²) in [5.41, 5.74) is -0.809. The van der Waals surface area contributed by atoms with Crippen LogP contribution in [0.1, 0.15) is 83.5 Å². The lowest BCUT2D eigenvalue weighted by Gasteiger charge is -2.50. The van der Waals surface area contributed by atoms with Gasteiger partial charge in [-0.25, -0.2) is 0 Å². The highest BCUT2D eigenvalue weighted by molar-refractivity contribution is 5.95. The zero-order valence-corrected chi connectivity index (χ0v) is 30.2.